The Balaban J connectivity index is 1.81. The van der Waals surface area contributed by atoms with Gasteiger partial charge in [-0.25, -0.2) is 9.07 Å². The van der Waals surface area contributed by atoms with Crippen LogP contribution in [-0.4, -0.2) is 20.7 Å². The van der Waals surface area contributed by atoms with Crippen LogP contribution in [0, 0.1) is 5.82 Å². The number of nitrogens with zero attached hydrogens (tertiary/aromatic N) is 3. The highest BCUT2D eigenvalue weighted by molar-refractivity contribution is 6.34. The van der Waals surface area contributed by atoms with Crippen LogP contribution in [0.25, 0.3) is 5.69 Å². The van der Waals surface area contributed by atoms with Crippen molar-refractivity contribution in [1.82, 2.24) is 14.8 Å². The predicted molar refractivity (Wildman–Crippen MR) is 80.7 cm³/mol. The molecule has 0 bridgehead atoms. The van der Waals surface area contributed by atoms with Crippen molar-refractivity contribution in [3.05, 3.63) is 71.5 Å². The van der Waals surface area contributed by atoms with Gasteiger partial charge in [-0.2, -0.15) is 5.10 Å². The van der Waals surface area contributed by atoms with Crippen LogP contribution >= 0.6 is 11.6 Å². The number of benzene rings is 1. The molecular weight excluding hydrogens is 307 g/mol. The summed E-state index contributed by atoms with van der Waals surface area (Å²) in [4.78, 5) is 16.0. The summed E-state index contributed by atoms with van der Waals surface area (Å²) >= 11 is 5.90. The summed E-state index contributed by atoms with van der Waals surface area (Å²) in [6.07, 6.45) is 6.41. The van der Waals surface area contributed by atoms with E-state index in [1.165, 1.54) is 18.3 Å². The lowest BCUT2D eigenvalue weighted by Gasteiger charge is -2.04. The first kappa shape index (κ1) is 14.2. The van der Waals surface area contributed by atoms with Crippen molar-refractivity contribution in [2.75, 3.05) is 5.32 Å². The maximum Gasteiger partial charge on any atom is 0.257 e. The van der Waals surface area contributed by atoms with E-state index < -0.39 is 11.7 Å². The summed E-state index contributed by atoms with van der Waals surface area (Å²) < 4.78 is 14.8. The van der Waals surface area contributed by atoms with Crippen LogP contribution in [0.5, 0.6) is 0 Å². The zero-order valence-electron chi connectivity index (χ0n) is 11.2. The van der Waals surface area contributed by atoms with Gasteiger partial charge < -0.3 is 5.32 Å². The second-order valence-corrected chi connectivity index (χ2v) is 4.86. The summed E-state index contributed by atoms with van der Waals surface area (Å²) in [6.45, 7) is 0. The average molecular weight is 317 g/mol. The summed E-state index contributed by atoms with van der Waals surface area (Å²) in [6, 6.07) is 7.18. The number of aromatic nitrogens is 3. The maximum atomic E-state index is 13.2. The molecule has 0 aliphatic carbocycles. The first-order valence-corrected chi connectivity index (χ1v) is 6.73. The first-order valence-electron chi connectivity index (χ1n) is 6.35. The SMILES string of the molecule is O=C(Nc1cnn(-c2ccncc2)c1)c1cc(F)ccc1Cl. The zero-order chi connectivity index (χ0) is 15.5. The number of carbonyl (C=O) groups excluding carboxylic acids is 1. The van der Waals surface area contributed by atoms with E-state index >= 15 is 0 Å². The van der Waals surface area contributed by atoms with Gasteiger partial charge in [0.1, 0.15) is 5.82 Å². The van der Waals surface area contributed by atoms with Gasteiger partial charge in [-0.05, 0) is 30.3 Å². The number of anilines is 1. The Morgan fingerprint density at radius 1 is 1.23 bits per heavy atom. The Hall–Kier alpha value is -2.73. The molecule has 0 aliphatic rings. The minimum absolute atomic E-state index is 0.0679. The third kappa shape index (κ3) is 2.96. The Kier molecular flexibility index (Phi) is 3.84. The lowest BCUT2D eigenvalue weighted by Crippen LogP contribution is -2.12. The highest BCUT2D eigenvalue weighted by Crippen LogP contribution is 2.19. The van der Waals surface area contributed by atoms with E-state index in [4.69, 9.17) is 11.6 Å². The van der Waals surface area contributed by atoms with Crippen LogP contribution in [0.15, 0.2) is 55.1 Å². The number of hydrogen-bond donors (Lipinski definition) is 1. The van der Waals surface area contributed by atoms with Crippen molar-refractivity contribution in [3.8, 4) is 5.69 Å². The van der Waals surface area contributed by atoms with E-state index in [0.717, 1.165) is 11.8 Å². The van der Waals surface area contributed by atoms with E-state index in [9.17, 15) is 9.18 Å². The summed E-state index contributed by atoms with van der Waals surface area (Å²) in [5.41, 5.74) is 1.35. The molecule has 1 N–H and O–H groups in total. The van der Waals surface area contributed by atoms with E-state index in [1.54, 1.807) is 35.4 Å². The monoisotopic (exact) mass is 316 g/mol. The Labute approximate surface area is 130 Å². The lowest BCUT2D eigenvalue weighted by molar-refractivity contribution is 0.102. The molecule has 0 saturated carbocycles. The van der Waals surface area contributed by atoms with E-state index in [2.05, 4.69) is 15.4 Å². The molecule has 0 atom stereocenters. The molecule has 22 heavy (non-hydrogen) atoms. The van der Waals surface area contributed by atoms with Gasteiger partial charge in [0.05, 0.1) is 34.4 Å². The molecule has 2 aromatic heterocycles. The normalized spacial score (nSPS) is 10.5. The molecule has 3 aromatic rings. The van der Waals surface area contributed by atoms with E-state index in [0.29, 0.717) is 5.69 Å². The molecule has 1 aromatic carbocycles. The highest BCUT2D eigenvalue weighted by Gasteiger charge is 2.13. The smallest absolute Gasteiger partial charge is 0.257 e. The van der Waals surface area contributed by atoms with Crippen molar-refractivity contribution in [2.45, 2.75) is 0 Å². The van der Waals surface area contributed by atoms with Gasteiger partial charge in [-0.3, -0.25) is 9.78 Å². The second-order valence-electron chi connectivity index (χ2n) is 4.46. The van der Waals surface area contributed by atoms with Gasteiger partial charge in [0.25, 0.3) is 5.91 Å². The first-order chi connectivity index (χ1) is 10.6. The van der Waals surface area contributed by atoms with Crippen molar-refractivity contribution in [2.24, 2.45) is 0 Å². The molecular formula is C15H10ClFN4O. The minimum Gasteiger partial charge on any atom is -0.319 e. The largest absolute Gasteiger partial charge is 0.319 e. The fourth-order valence-corrected chi connectivity index (χ4v) is 2.10. The van der Waals surface area contributed by atoms with Crippen molar-refractivity contribution in [3.63, 3.8) is 0 Å². The van der Waals surface area contributed by atoms with Crippen LogP contribution in [0.1, 0.15) is 10.4 Å². The fourth-order valence-electron chi connectivity index (χ4n) is 1.90. The van der Waals surface area contributed by atoms with Gasteiger partial charge in [0.15, 0.2) is 0 Å². The fraction of sp³-hybridized carbons (Fsp3) is 0. The molecule has 0 aliphatic heterocycles. The Morgan fingerprint density at radius 3 is 2.77 bits per heavy atom. The number of nitrogens with one attached hydrogen (secondary N) is 1. The van der Waals surface area contributed by atoms with Crippen molar-refractivity contribution < 1.29 is 9.18 Å². The third-order valence-electron chi connectivity index (χ3n) is 2.94. The maximum absolute atomic E-state index is 13.2. The van der Waals surface area contributed by atoms with Crippen molar-refractivity contribution >= 4 is 23.2 Å². The molecule has 110 valence electrons. The van der Waals surface area contributed by atoms with Crippen LogP contribution < -0.4 is 5.32 Å². The number of halogens is 2. The number of rotatable bonds is 3. The molecule has 0 spiro atoms. The summed E-state index contributed by atoms with van der Waals surface area (Å²) in [7, 11) is 0. The zero-order valence-corrected chi connectivity index (χ0v) is 12.0. The average Bonchev–Trinajstić information content (AvgIpc) is 2.99. The Morgan fingerprint density at radius 2 is 2.00 bits per heavy atom. The summed E-state index contributed by atoms with van der Waals surface area (Å²) in [5, 5.41) is 6.95. The lowest BCUT2D eigenvalue weighted by atomic mass is 10.2. The van der Waals surface area contributed by atoms with Gasteiger partial charge >= 0.3 is 0 Å². The van der Waals surface area contributed by atoms with E-state index in [1.807, 2.05) is 0 Å². The number of hydrogen-bond acceptors (Lipinski definition) is 3. The van der Waals surface area contributed by atoms with Crippen molar-refractivity contribution in [1.29, 1.82) is 0 Å². The molecule has 0 radical (unpaired) electrons. The highest BCUT2D eigenvalue weighted by atomic mass is 35.5. The molecule has 7 heteroatoms. The van der Waals surface area contributed by atoms with Gasteiger partial charge in [0.2, 0.25) is 0 Å². The molecule has 1 amide bonds. The standard InChI is InChI=1S/C15H10ClFN4O/c16-14-2-1-10(17)7-13(14)15(22)20-11-8-19-21(9-11)12-3-5-18-6-4-12/h1-9H,(H,20,22). The number of carbonyl (C=O) groups is 1. The molecule has 5 nitrogen and oxygen atoms in total. The molecule has 2 heterocycles. The predicted octanol–water partition coefficient (Wildman–Crippen LogP) is 3.31. The van der Waals surface area contributed by atoms with Crippen LogP contribution in [0.4, 0.5) is 10.1 Å². The van der Waals surface area contributed by atoms with Gasteiger partial charge in [0, 0.05) is 12.4 Å². The minimum atomic E-state index is -0.526. The second kappa shape index (κ2) is 5.95. The topological polar surface area (TPSA) is 59.8 Å². The number of amides is 1. The molecule has 0 unspecified atom stereocenters. The molecule has 3 rings (SSSR count). The van der Waals surface area contributed by atoms with Gasteiger partial charge in [-0.1, -0.05) is 11.6 Å². The summed E-state index contributed by atoms with van der Waals surface area (Å²) in [5.74, 6) is -1.03. The van der Waals surface area contributed by atoms with Crippen LogP contribution in [0.2, 0.25) is 5.02 Å². The van der Waals surface area contributed by atoms with Gasteiger partial charge in [-0.15, -0.1) is 0 Å². The van der Waals surface area contributed by atoms with E-state index in [-0.39, 0.29) is 10.6 Å². The quantitative estimate of drug-likeness (QED) is 0.806. The van der Waals surface area contributed by atoms with Crippen LogP contribution in [-0.2, 0) is 0 Å². The van der Waals surface area contributed by atoms with Crippen LogP contribution in [0.3, 0.4) is 0 Å². The number of pyridine rings is 1. The Bertz CT molecular complexity index is 819. The molecule has 0 fully saturated rings. The molecule has 0 saturated heterocycles. The third-order valence-corrected chi connectivity index (χ3v) is 3.27.